The van der Waals surface area contributed by atoms with Crippen LogP contribution >= 0.6 is 0 Å². The molecule has 3 heterocycles. The topological polar surface area (TPSA) is 54.0 Å². The van der Waals surface area contributed by atoms with Gasteiger partial charge in [0.2, 0.25) is 0 Å². The lowest BCUT2D eigenvalue weighted by atomic mass is 9.96. The summed E-state index contributed by atoms with van der Waals surface area (Å²) < 4.78 is 10.6. The van der Waals surface area contributed by atoms with Crippen molar-refractivity contribution in [3.63, 3.8) is 0 Å². The fourth-order valence-electron chi connectivity index (χ4n) is 4.62. The number of rotatable bonds is 4. The maximum Gasteiger partial charge on any atom is 0.317 e. The zero-order valence-electron chi connectivity index (χ0n) is 15.5. The van der Waals surface area contributed by atoms with Gasteiger partial charge in [-0.3, -0.25) is 4.90 Å². The molecule has 2 amide bonds. The van der Waals surface area contributed by atoms with Crippen LogP contribution in [0.2, 0.25) is 0 Å². The highest BCUT2D eigenvalue weighted by Gasteiger charge is 2.41. The Hall–Kier alpha value is -1.79. The number of nitrogens with zero attached hydrogens (tertiary/aromatic N) is 2. The van der Waals surface area contributed by atoms with E-state index in [1.54, 1.807) is 7.11 Å². The number of piperidine rings is 1. The lowest BCUT2D eigenvalue weighted by molar-refractivity contribution is 0.0500. The normalized spacial score (nSPS) is 28.8. The molecule has 3 aliphatic heterocycles. The van der Waals surface area contributed by atoms with Gasteiger partial charge in [0.1, 0.15) is 5.75 Å². The second-order valence-corrected chi connectivity index (χ2v) is 7.62. The molecule has 1 aromatic rings. The number of hydrogen-bond donors (Lipinski definition) is 1. The van der Waals surface area contributed by atoms with Crippen LogP contribution in [0.3, 0.4) is 0 Å². The summed E-state index contributed by atoms with van der Waals surface area (Å²) in [4.78, 5) is 17.0. The van der Waals surface area contributed by atoms with Crippen LogP contribution in [0.4, 0.5) is 4.79 Å². The molecule has 0 aromatic heterocycles. The molecular formula is C20H29N3O3. The molecule has 142 valence electrons. The average molecular weight is 359 g/mol. The van der Waals surface area contributed by atoms with Crippen molar-refractivity contribution in [2.75, 3.05) is 33.4 Å². The number of methoxy groups -OCH3 is 1. The summed E-state index contributed by atoms with van der Waals surface area (Å²) in [6, 6.07) is 9.92. The summed E-state index contributed by atoms with van der Waals surface area (Å²) in [5, 5.41) is 3.28. The van der Waals surface area contributed by atoms with Gasteiger partial charge in [-0.15, -0.1) is 0 Å². The highest BCUT2D eigenvalue weighted by Crippen LogP contribution is 2.37. The Bertz CT molecular complexity index is 601. The molecule has 2 unspecified atom stereocenters. The molecule has 0 aliphatic carbocycles. The Kier molecular flexibility index (Phi) is 5.31. The highest BCUT2D eigenvalue weighted by atomic mass is 16.5. The van der Waals surface area contributed by atoms with Gasteiger partial charge >= 0.3 is 6.03 Å². The number of amides is 2. The fraction of sp³-hybridized carbons (Fsp3) is 0.650. The van der Waals surface area contributed by atoms with E-state index >= 15 is 0 Å². The molecule has 0 spiro atoms. The summed E-state index contributed by atoms with van der Waals surface area (Å²) >= 11 is 0. The first kappa shape index (κ1) is 17.6. The fourth-order valence-corrected chi connectivity index (χ4v) is 4.62. The second-order valence-electron chi connectivity index (χ2n) is 7.62. The van der Waals surface area contributed by atoms with Crippen LogP contribution in [0, 0.1) is 0 Å². The van der Waals surface area contributed by atoms with Crippen molar-refractivity contribution in [1.82, 2.24) is 15.1 Å². The van der Waals surface area contributed by atoms with E-state index in [1.165, 1.54) is 18.4 Å². The standard InChI is InChI=1S/C20H29N3O3/c1-25-19-6-2-15(3-7-19)14-23-17-4-5-18(23)13-16(12-17)21-20(24)22-8-10-26-11-9-22/h2-3,6-7,16-18H,4-5,8-14H2,1H3,(H,21,24). The zero-order chi connectivity index (χ0) is 17.9. The van der Waals surface area contributed by atoms with Crippen molar-refractivity contribution in [3.05, 3.63) is 29.8 Å². The highest BCUT2D eigenvalue weighted by molar-refractivity contribution is 5.74. The van der Waals surface area contributed by atoms with Crippen molar-refractivity contribution in [2.24, 2.45) is 0 Å². The number of hydrogen-bond acceptors (Lipinski definition) is 4. The predicted molar refractivity (Wildman–Crippen MR) is 99.3 cm³/mol. The monoisotopic (exact) mass is 359 g/mol. The van der Waals surface area contributed by atoms with Crippen molar-refractivity contribution < 1.29 is 14.3 Å². The maximum absolute atomic E-state index is 12.5. The Morgan fingerprint density at radius 3 is 2.42 bits per heavy atom. The van der Waals surface area contributed by atoms with E-state index in [4.69, 9.17) is 9.47 Å². The number of nitrogens with one attached hydrogen (secondary N) is 1. The van der Waals surface area contributed by atoms with E-state index in [0.29, 0.717) is 44.4 Å². The van der Waals surface area contributed by atoms with Crippen LogP contribution in [0.1, 0.15) is 31.2 Å². The van der Waals surface area contributed by atoms with Crippen molar-refractivity contribution in [2.45, 2.75) is 50.4 Å². The molecular weight excluding hydrogens is 330 g/mol. The van der Waals surface area contributed by atoms with Crippen molar-refractivity contribution in [1.29, 1.82) is 0 Å². The SMILES string of the molecule is COc1ccc(CN2C3CCC2CC(NC(=O)N2CCOCC2)C3)cc1. The van der Waals surface area contributed by atoms with Crippen LogP contribution in [-0.2, 0) is 11.3 Å². The number of urea groups is 1. The quantitative estimate of drug-likeness (QED) is 0.896. The number of carbonyl (C=O) groups excluding carboxylic acids is 1. The first-order valence-corrected chi connectivity index (χ1v) is 9.75. The summed E-state index contributed by atoms with van der Waals surface area (Å²) in [7, 11) is 1.70. The lowest BCUT2D eigenvalue weighted by Gasteiger charge is -2.40. The van der Waals surface area contributed by atoms with Gasteiger partial charge in [-0.25, -0.2) is 4.79 Å². The smallest absolute Gasteiger partial charge is 0.317 e. The third-order valence-corrected chi connectivity index (χ3v) is 6.03. The Morgan fingerprint density at radius 1 is 1.15 bits per heavy atom. The van der Waals surface area contributed by atoms with E-state index < -0.39 is 0 Å². The molecule has 6 nitrogen and oxygen atoms in total. The van der Waals surface area contributed by atoms with Gasteiger partial charge in [0.15, 0.2) is 0 Å². The minimum Gasteiger partial charge on any atom is -0.497 e. The van der Waals surface area contributed by atoms with Gasteiger partial charge in [0, 0.05) is 37.8 Å². The largest absolute Gasteiger partial charge is 0.497 e. The molecule has 3 fully saturated rings. The molecule has 3 aliphatic rings. The molecule has 4 rings (SSSR count). The second kappa shape index (κ2) is 7.84. The average Bonchev–Trinajstić information content (AvgIpc) is 2.91. The van der Waals surface area contributed by atoms with E-state index in [9.17, 15) is 4.79 Å². The summed E-state index contributed by atoms with van der Waals surface area (Å²) in [5.74, 6) is 0.904. The summed E-state index contributed by atoms with van der Waals surface area (Å²) in [6.07, 6.45) is 4.60. The summed E-state index contributed by atoms with van der Waals surface area (Å²) in [6.45, 7) is 3.70. The van der Waals surface area contributed by atoms with Gasteiger partial charge in [0.25, 0.3) is 0 Å². The van der Waals surface area contributed by atoms with E-state index in [0.717, 1.165) is 25.1 Å². The Balaban J connectivity index is 1.32. The lowest BCUT2D eigenvalue weighted by Crippen LogP contribution is -2.54. The number of carbonyl (C=O) groups is 1. The van der Waals surface area contributed by atoms with Crippen LogP contribution in [0.5, 0.6) is 5.75 Å². The van der Waals surface area contributed by atoms with E-state index in [2.05, 4.69) is 22.3 Å². The minimum absolute atomic E-state index is 0.0845. The Morgan fingerprint density at radius 2 is 1.81 bits per heavy atom. The molecule has 0 radical (unpaired) electrons. The van der Waals surface area contributed by atoms with Crippen LogP contribution in [0.15, 0.2) is 24.3 Å². The van der Waals surface area contributed by atoms with E-state index in [-0.39, 0.29) is 6.03 Å². The van der Waals surface area contributed by atoms with Crippen molar-refractivity contribution in [3.8, 4) is 5.75 Å². The van der Waals surface area contributed by atoms with E-state index in [1.807, 2.05) is 17.0 Å². The molecule has 2 bridgehead atoms. The third kappa shape index (κ3) is 3.81. The predicted octanol–water partition coefficient (Wildman–Crippen LogP) is 2.23. The zero-order valence-corrected chi connectivity index (χ0v) is 15.5. The van der Waals surface area contributed by atoms with Crippen LogP contribution < -0.4 is 10.1 Å². The number of ether oxygens (including phenoxy) is 2. The third-order valence-electron chi connectivity index (χ3n) is 6.03. The molecule has 1 aromatic carbocycles. The maximum atomic E-state index is 12.5. The molecule has 1 N–H and O–H groups in total. The molecule has 6 heteroatoms. The molecule has 26 heavy (non-hydrogen) atoms. The summed E-state index contributed by atoms with van der Waals surface area (Å²) in [5.41, 5.74) is 1.33. The van der Waals surface area contributed by atoms with Gasteiger partial charge < -0.3 is 19.7 Å². The molecule has 2 atom stereocenters. The first-order chi connectivity index (χ1) is 12.7. The molecule has 3 saturated heterocycles. The van der Waals surface area contributed by atoms with Gasteiger partial charge in [0.05, 0.1) is 20.3 Å². The van der Waals surface area contributed by atoms with Crippen LogP contribution in [-0.4, -0.2) is 67.4 Å². The van der Waals surface area contributed by atoms with Crippen molar-refractivity contribution >= 4 is 6.03 Å². The first-order valence-electron chi connectivity index (χ1n) is 9.75. The number of fused-ring (bicyclic) bond motifs is 2. The van der Waals surface area contributed by atoms with Crippen LogP contribution in [0.25, 0.3) is 0 Å². The van der Waals surface area contributed by atoms with Gasteiger partial charge in [-0.05, 0) is 43.4 Å². The number of benzene rings is 1. The van der Waals surface area contributed by atoms with Gasteiger partial charge in [-0.1, -0.05) is 12.1 Å². The van der Waals surface area contributed by atoms with Gasteiger partial charge in [-0.2, -0.15) is 0 Å². The Labute approximate surface area is 155 Å². The number of morpholine rings is 1. The minimum atomic E-state index is 0.0845. The molecule has 0 saturated carbocycles.